The molecular weight excluding hydrogens is 640 g/mol. The van der Waals surface area contributed by atoms with Crippen LogP contribution in [0.15, 0.2) is 97.1 Å². The fourth-order valence-electron chi connectivity index (χ4n) is 7.13. The van der Waals surface area contributed by atoms with Gasteiger partial charge in [0.15, 0.2) is 0 Å². The molecule has 0 amide bonds. The summed E-state index contributed by atoms with van der Waals surface area (Å²) in [6.45, 7) is 13.2. The minimum absolute atomic E-state index is 0.273. The van der Waals surface area contributed by atoms with Crippen LogP contribution in [-0.2, 0) is 45.0 Å². The second-order valence-corrected chi connectivity index (χ2v) is 17.7. The molecule has 0 bridgehead atoms. The zero-order valence-corrected chi connectivity index (χ0v) is 30.1. The molecule has 3 heterocycles. The van der Waals surface area contributed by atoms with E-state index in [9.17, 15) is 0 Å². The topological polar surface area (TPSA) is 23.4 Å². The summed E-state index contributed by atoms with van der Waals surface area (Å²) < 4.78 is 15.5. The van der Waals surface area contributed by atoms with Crippen LogP contribution in [0.5, 0.6) is 0 Å². The van der Waals surface area contributed by atoms with E-state index in [0.717, 1.165) is 5.46 Å². The Kier molecular flexibility index (Phi) is 7.90. The van der Waals surface area contributed by atoms with Crippen LogP contribution in [0.1, 0.15) is 52.7 Å². The molecule has 0 radical (unpaired) electrons. The van der Waals surface area contributed by atoms with E-state index in [1.54, 1.807) is 0 Å². The molecule has 230 valence electrons. The predicted octanol–water partition coefficient (Wildman–Crippen LogP) is 8.80. The number of fused-ring (bicyclic) bond motifs is 6. The number of aromatic nitrogens is 1. The van der Waals surface area contributed by atoms with E-state index in [1.807, 2.05) is 0 Å². The molecule has 1 saturated heterocycles. The molecule has 8 rings (SSSR count). The van der Waals surface area contributed by atoms with Gasteiger partial charge in [0, 0.05) is 16.2 Å². The van der Waals surface area contributed by atoms with Crippen molar-refractivity contribution in [3.8, 4) is 16.8 Å². The van der Waals surface area contributed by atoms with Gasteiger partial charge in [-0.05, 0) is 78.3 Å². The molecule has 2 aliphatic heterocycles. The Hall–Kier alpha value is -2.78. The molecule has 9 heteroatoms. The molecule has 0 unspecified atom stereocenters. The van der Waals surface area contributed by atoms with Crippen molar-refractivity contribution in [3.63, 3.8) is 0 Å². The van der Waals surface area contributed by atoms with Crippen molar-refractivity contribution in [1.82, 2.24) is 4.57 Å². The number of benzene rings is 5. The molecule has 46 heavy (non-hydrogen) atoms. The normalized spacial score (nSPS) is 17.2. The van der Waals surface area contributed by atoms with Gasteiger partial charge in [-0.2, -0.15) is 0 Å². The molecule has 3 nitrogen and oxygen atoms in total. The molecule has 0 saturated carbocycles. The number of nitrogens with zero attached hydrogens (tertiary/aromatic N) is 1. The van der Waals surface area contributed by atoms with Crippen LogP contribution in [0.3, 0.4) is 0 Å². The van der Waals surface area contributed by atoms with E-state index in [4.69, 9.17) is 9.31 Å². The van der Waals surface area contributed by atoms with E-state index in [2.05, 4.69) is 178 Å². The maximum absolute atomic E-state index is 6.50. The molecule has 2 aliphatic rings. The molecular formula is C37H34B2NO2S4-. The minimum atomic E-state index is -0.466. The Morgan fingerprint density at radius 1 is 0.696 bits per heavy atom. The summed E-state index contributed by atoms with van der Waals surface area (Å²) in [7, 11) is -0.871. The Morgan fingerprint density at radius 3 is 2.02 bits per heavy atom. The van der Waals surface area contributed by atoms with Crippen LogP contribution in [0.4, 0.5) is 0 Å². The molecule has 0 aliphatic carbocycles. The molecule has 6 aromatic rings. The fraction of sp³-hybridized carbons (Fsp3) is 0.243. The summed E-state index contributed by atoms with van der Waals surface area (Å²) in [6, 6.07) is 35.7. The third kappa shape index (κ3) is 4.94. The molecule has 0 N–H and O–H groups in total. The van der Waals surface area contributed by atoms with Gasteiger partial charge in [-0.1, -0.05) is 98.8 Å². The van der Waals surface area contributed by atoms with Crippen molar-refractivity contribution in [1.29, 1.82) is 0 Å². The zero-order chi connectivity index (χ0) is 32.6. The van der Waals surface area contributed by atoms with Crippen LogP contribution in [0.2, 0.25) is 0 Å². The zero-order valence-electron chi connectivity index (χ0n) is 26.8. The van der Waals surface area contributed by atoms with Gasteiger partial charge >= 0.3 is 54.8 Å². The number of hydrogen-bond donors (Lipinski definition) is 0. The van der Waals surface area contributed by atoms with E-state index in [0.29, 0.717) is 0 Å². The summed E-state index contributed by atoms with van der Waals surface area (Å²) in [4.78, 5) is 0. The summed E-state index contributed by atoms with van der Waals surface area (Å²) in [5.41, 5.74) is 10.4. The monoisotopic (exact) mass is 674 g/mol. The van der Waals surface area contributed by atoms with E-state index >= 15 is 0 Å². The number of para-hydroxylation sites is 1. The first-order valence-corrected chi connectivity index (χ1v) is 19.1. The summed E-state index contributed by atoms with van der Waals surface area (Å²) in [5, 5.41) is 5.12. The van der Waals surface area contributed by atoms with Crippen LogP contribution in [-0.4, -0.2) is 28.3 Å². The molecule has 0 atom stereocenters. The first-order valence-electron chi connectivity index (χ1n) is 15.4. The van der Waals surface area contributed by atoms with E-state index in [-0.39, 0.29) is 16.6 Å². The van der Waals surface area contributed by atoms with Gasteiger partial charge < -0.3 is 13.9 Å². The maximum atomic E-state index is 6.50. The van der Waals surface area contributed by atoms with E-state index < -0.39 is 15.0 Å². The van der Waals surface area contributed by atoms with Gasteiger partial charge in [-0.3, -0.25) is 0 Å². The first kappa shape index (κ1) is 31.8. The second-order valence-electron chi connectivity index (χ2n) is 13.6. The standard InChI is InChI=1S/C37H34BNO2.BS4/c1-35(2)30-22-24(38-40-36(3,4)37(5,6)41-38)18-21-32(30)39-31-17-10-9-15-27(31)29-20-19-28(33(35)34(29)39)26-16-11-13-23-12-7-8-14-25(23)26;2-1-5(3)4/h7-22H,1-6H3;/q;-1. The molecule has 1 aromatic heterocycles. The van der Waals surface area contributed by atoms with Crippen molar-refractivity contribution < 1.29 is 9.31 Å². The van der Waals surface area contributed by atoms with Crippen LogP contribution in [0.25, 0.3) is 49.4 Å². The Morgan fingerprint density at radius 2 is 1.33 bits per heavy atom. The SMILES string of the molecule is CC1(C)c2cc(B3OC(C)(C)C(C)(C)O3)ccc2-n2c3ccccc3c3ccc(-c4cccc5ccccc45)c1c32.S=B[S-](=S)=S. The third-order valence-electron chi connectivity index (χ3n) is 10.1. The van der Waals surface area contributed by atoms with Crippen molar-refractivity contribution in [2.75, 3.05) is 0 Å². The van der Waals surface area contributed by atoms with Gasteiger partial charge in [0.2, 0.25) is 0 Å². The van der Waals surface area contributed by atoms with Crippen LogP contribution in [0, 0.1) is 0 Å². The summed E-state index contributed by atoms with van der Waals surface area (Å²) in [5.74, 6) is 0. The van der Waals surface area contributed by atoms with Crippen molar-refractivity contribution >= 4 is 92.9 Å². The van der Waals surface area contributed by atoms with Gasteiger partial charge in [-0.25, -0.2) is 0 Å². The van der Waals surface area contributed by atoms with Gasteiger partial charge in [-0.15, -0.1) is 0 Å². The molecule has 1 fully saturated rings. The summed E-state index contributed by atoms with van der Waals surface area (Å²) in [6.07, 6.45) is 0. The number of rotatable bonds is 3. The van der Waals surface area contributed by atoms with Gasteiger partial charge in [0.1, 0.15) is 0 Å². The van der Waals surface area contributed by atoms with Gasteiger partial charge in [0.25, 0.3) is 0 Å². The number of hydrogen-bond acceptors (Lipinski definition) is 6. The predicted molar refractivity (Wildman–Crippen MR) is 207 cm³/mol. The average Bonchev–Trinajstić information content (AvgIpc) is 3.48. The first-order chi connectivity index (χ1) is 21.9. The molecule has 0 spiro atoms. The van der Waals surface area contributed by atoms with Crippen LogP contribution >= 0.6 is 12.1 Å². The third-order valence-corrected chi connectivity index (χ3v) is 12.1. The Labute approximate surface area is 288 Å². The Balaban J connectivity index is 0.000000630. The van der Waals surface area contributed by atoms with E-state index in [1.165, 1.54) is 66.0 Å². The fourth-order valence-corrected chi connectivity index (χ4v) is 7.13. The average molecular weight is 675 g/mol. The second kappa shape index (κ2) is 11.4. The summed E-state index contributed by atoms with van der Waals surface area (Å²) >= 11 is 13.3. The molecule has 5 aromatic carbocycles. The Bertz CT molecular complexity index is 2260. The van der Waals surface area contributed by atoms with Gasteiger partial charge in [0.05, 0.1) is 27.9 Å². The van der Waals surface area contributed by atoms with Crippen LogP contribution < -0.4 is 5.46 Å². The quantitative estimate of drug-likeness (QED) is 0.138. The van der Waals surface area contributed by atoms with Crippen molar-refractivity contribution in [2.24, 2.45) is 0 Å². The van der Waals surface area contributed by atoms with Crippen molar-refractivity contribution in [3.05, 3.63) is 108 Å². The van der Waals surface area contributed by atoms with Crippen molar-refractivity contribution in [2.45, 2.75) is 58.2 Å².